The average molecular weight is 270 g/mol. The van der Waals surface area contributed by atoms with Gasteiger partial charge in [0, 0.05) is 11.9 Å². The summed E-state index contributed by atoms with van der Waals surface area (Å²) in [6.45, 7) is 0.726. The van der Waals surface area contributed by atoms with Crippen LogP contribution in [0.4, 0.5) is 0 Å². The zero-order valence-electron chi connectivity index (χ0n) is 10.3. The number of rotatable bonds is 5. The summed E-state index contributed by atoms with van der Waals surface area (Å²) < 4.78 is 5.54. The van der Waals surface area contributed by atoms with Crippen molar-refractivity contribution in [1.82, 2.24) is 10.3 Å². The van der Waals surface area contributed by atoms with Gasteiger partial charge >= 0.3 is 0 Å². The van der Waals surface area contributed by atoms with Crippen LogP contribution in [-0.4, -0.2) is 4.98 Å². The van der Waals surface area contributed by atoms with E-state index in [0.29, 0.717) is 0 Å². The number of nitrogens with one attached hydrogen (secondary N) is 1. The molecule has 19 heavy (non-hydrogen) atoms. The molecule has 0 fully saturated rings. The molecule has 0 radical (unpaired) electrons. The monoisotopic (exact) mass is 270 g/mol. The van der Waals surface area contributed by atoms with Crippen molar-refractivity contribution in [3.63, 3.8) is 0 Å². The Bertz CT molecular complexity index is 590. The van der Waals surface area contributed by atoms with Gasteiger partial charge in [-0.2, -0.15) is 0 Å². The molecule has 3 rings (SSSR count). The third-order valence-corrected chi connectivity index (χ3v) is 3.57. The Morgan fingerprint density at radius 1 is 1.16 bits per heavy atom. The Balaban J connectivity index is 1.81. The molecule has 2 heterocycles. The van der Waals surface area contributed by atoms with Gasteiger partial charge in [0.1, 0.15) is 5.76 Å². The Morgan fingerprint density at radius 3 is 2.74 bits per heavy atom. The highest BCUT2D eigenvalue weighted by molar-refractivity contribution is 7.07. The molecule has 0 amide bonds. The Labute approximate surface area is 115 Å². The summed E-state index contributed by atoms with van der Waals surface area (Å²) in [5.41, 5.74) is 4.09. The summed E-state index contributed by atoms with van der Waals surface area (Å²) >= 11 is 1.61. The molecule has 1 N–H and O–H groups in total. The lowest BCUT2D eigenvalue weighted by atomic mass is 10.0. The highest BCUT2D eigenvalue weighted by Gasteiger charge is 2.16. The Kier molecular flexibility index (Phi) is 3.72. The number of aromatic nitrogens is 1. The van der Waals surface area contributed by atoms with Gasteiger partial charge in [-0.05, 0) is 17.7 Å². The number of furan rings is 1. The lowest BCUT2D eigenvalue weighted by Gasteiger charge is -2.16. The molecule has 0 aliphatic carbocycles. The fourth-order valence-corrected chi connectivity index (χ4v) is 2.57. The maximum absolute atomic E-state index is 5.54. The first-order chi connectivity index (χ1) is 9.43. The van der Waals surface area contributed by atoms with Crippen molar-refractivity contribution < 1.29 is 4.42 Å². The van der Waals surface area contributed by atoms with Crippen molar-refractivity contribution in [3.8, 4) is 0 Å². The summed E-state index contributed by atoms with van der Waals surface area (Å²) in [6, 6.07) is 14.2. The van der Waals surface area contributed by atoms with Gasteiger partial charge in [-0.3, -0.25) is 5.32 Å². The van der Waals surface area contributed by atoms with Gasteiger partial charge in [0.2, 0.25) is 0 Å². The first-order valence-corrected chi connectivity index (χ1v) is 7.06. The van der Waals surface area contributed by atoms with E-state index < -0.39 is 0 Å². The normalized spacial score (nSPS) is 12.4. The zero-order chi connectivity index (χ0) is 12.9. The van der Waals surface area contributed by atoms with Crippen LogP contribution in [0.1, 0.15) is 23.1 Å². The van der Waals surface area contributed by atoms with Crippen molar-refractivity contribution in [2.45, 2.75) is 12.6 Å². The van der Waals surface area contributed by atoms with Crippen LogP contribution in [0.2, 0.25) is 0 Å². The Morgan fingerprint density at radius 2 is 2.05 bits per heavy atom. The molecule has 0 spiro atoms. The highest BCUT2D eigenvalue weighted by atomic mass is 32.1. The van der Waals surface area contributed by atoms with E-state index in [1.165, 1.54) is 5.56 Å². The molecule has 4 heteroatoms. The molecule has 0 aliphatic heterocycles. The molecule has 0 saturated carbocycles. The summed E-state index contributed by atoms with van der Waals surface area (Å²) in [5, 5.41) is 5.54. The van der Waals surface area contributed by atoms with Crippen LogP contribution in [0.5, 0.6) is 0 Å². The smallest absolute Gasteiger partial charge is 0.125 e. The van der Waals surface area contributed by atoms with Gasteiger partial charge in [-0.15, -0.1) is 11.3 Å². The van der Waals surface area contributed by atoms with E-state index in [4.69, 9.17) is 4.42 Å². The van der Waals surface area contributed by atoms with Crippen LogP contribution in [0.25, 0.3) is 0 Å². The Hall–Kier alpha value is -1.91. The summed E-state index contributed by atoms with van der Waals surface area (Å²) in [7, 11) is 0. The van der Waals surface area contributed by atoms with Crippen LogP contribution in [0, 0.1) is 0 Å². The quantitative estimate of drug-likeness (QED) is 0.769. The molecule has 96 valence electrons. The van der Waals surface area contributed by atoms with Gasteiger partial charge in [0.15, 0.2) is 0 Å². The van der Waals surface area contributed by atoms with Crippen molar-refractivity contribution in [2.75, 3.05) is 0 Å². The minimum Gasteiger partial charge on any atom is -0.467 e. The lowest BCUT2D eigenvalue weighted by Crippen LogP contribution is -2.21. The van der Waals surface area contributed by atoms with Crippen LogP contribution in [0.15, 0.2) is 64.0 Å². The molecule has 1 unspecified atom stereocenters. The summed E-state index contributed by atoms with van der Waals surface area (Å²) in [5.74, 6) is 0.918. The molecule has 0 aliphatic rings. The van der Waals surface area contributed by atoms with E-state index >= 15 is 0 Å². The molecular weight excluding hydrogens is 256 g/mol. The predicted octanol–water partition coefficient (Wildman–Crippen LogP) is 3.62. The maximum Gasteiger partial charge on any atom is 0.125 e. The maximum atomic E-state index is 5.54. The number of benzene rings is 1. The van der Waals surface area contributed by atoms with Gasteiger partial charge in [0.05, 0.1) is 23.5 Å². The van der Waals surface area contributed by atoms with E-state index in [-0.39, 0.29) is 6.04 Å². The molecule has 2 aromatic heterocycles. The van der Waals surface area contributed by atoms with E-state index in [0.717, 1.165) is 18.0 Å². The molecule has 0 bridgehead atoms. The van der Waals surface area contributed by atoms with E-state index in [1.807, 2.05) is 35.8 Å². The van der Waals surface area contributed by atoms with Gasteiger partial charge in [-0.25, -0.2) is 4.98 Å². The van der Waals surface area contributed by atoms with Crippen molar-refractivity contribution >= 4 is 11.3 Å². The number of nitrogens with zero attached hydrogens (tertiary/aromatic N) is 1. The highest BCUT2D eigenvalue weighted by Crippen LogP contribution is 2.22. The van der Waals surface area contributed by atoms with E-state index in [9.17, 15) is 0 Å². The van der Waals surface area contributed by atoms with Crippen LogP contribution in [-0.2, 0) is 6.54 Å². The second-order valence-electron chi connectivity index (χ2n) is 4.22. The third-order valence-electron chi connectivity index (χ3n) is 2.93. The number of hydrogen-bond donors (Lipinski definition) is 1. The SMILES string of the molecule is c1ccc(C(NCc2cscn2)c2ccco2)cc1. The fourth-order valence-electron chi connectivity index (χ4n) is 2.02. The van der Waals surface area contributed by atoms with Crippen LogP contribution in [0.3, 0.4) is 0 Å². The molecule has 0 saturated heterocycles. The minimum atomic E-state index is 0.0536. The largest absolute Gasteiger partial charge is 0.467 e. The average Bonchev–Trinajstić information content (AvgIpc) is 3.13. The topological polar surface area (TPSA) is 38.1 Å². The number of thiazole rings is 1. The molecule has 3 aromatic rings. The first kappa shape index (κ1) is 12.1. The second-order valence-corrected chi connectivity index (χ2v) is 4.94. The zero-order valence-corrected chi connectivity index (χ0v) is 11.1. The first-order valence-electron chi connectivity index (χ1n) is 6.12. The van der Waals surface area contributed by atoms with Crippen molar-refractivity contribution in [2.24, 2.45) is 0 Å². The standard InChI is InChI=1S/C15H14N2OS/c1-2-5-12(6-3-1)15(14-7-4-8-18-14)16-9-13-10-19-11-17-13/h1-8,10-11,15-16H,9H2. The van der Waals surface area contributed by atoms with E-state index in [1.54, 1.807) is 17.6 Å². The third kappa shape index (κ3) is 2.92. The summed E-state index contributed by atoms with van der Waals surface area (Å²) in [6.07, 6.45) is 1.70. The number of hydrogen-bond acceptors (Lipinski definition) is 4. The van der Waals surface area contributed by atoms with Gasteiger partial charge in [-0.1, -0.05) is 30.3 Å². The van der Waals surface area contributed by atoms with Gasteiger partial charge in [0.25, 0.3) is 0 Å². The molecule has 1 atom stereocenters. The molecule has 3 nitrogen and oxygen atoms in total. The molecule has 1 aromatic carbocycles. The molecular formula is C15H14N2OS. The van der Waals surface area contributed by atoms with Crippen molar-refractivity contribution in [3.05, 3.63) is 76.6 Å². The van der Waals surface area contributed by atoms with E-state index in [2.05, 4.69) is 27.8 Å². The minimum absolute atomic E-state index is 0.0536. The van der Waals surface area contributed by atoms with Crippen LogP contribution >= 0.6 is 11.3 Å². The summed E-state index contributed by atoms with van der Waals surface area (Å²) in [4.78, 5) is 4.29. The predicted molar refractivity (Wildman–Crippen MR) is 75.9 cm³/mol. The second kappa shape index (κ2) is 5.82. The lowest BCUT2D eigenvalue weighted by molar-refractivity contribution is 0.444. The van der Waals surface area contributed by atoms with Crippen LogP contribution < -0.4 is 5.32 Å². The fraction of sp³-hybridized carbons (Fsp3) is 0.133. The van der Waals surface area contributed by atoms with Gasteiger partial charge < -0.3 is 4.42 Å². The van der Waals surface area contributed by atoms with Crippen molar-refractivity contribution in [1.29, 1.82) is 0 Å².